The summed E-state index contributed by atoms with van der Waals surface area (Å²) in [7, 11) is -2.16. The predicted molar refractivity (Wildman–Crippen MR) is 79.0 cm³/mol. The van der Waals surface area contributed by atoms with Crippen LogP contribution in [0.25, 0.3) is 0 Å². The highest BCUT2D eigenvalue weighted by Crippen LogP contribution is 2.19. The lowest BCUT2D eigenvalue weighted by molar-refractivity contribution is 0.148. The molecule has 0 aliphatic heterocycles. The van der Waals surface area contributed by atoms with Gasteiger partial charge in [-0.3, -0.25) is 0 Å². The van der Waals surface area contributed by atoms with Gasteiger partial charge in [0.2, 0.25) is 0 Å². The number of benzene rings is 1. The smallest absolute Gasteiger partial charge is 0.423 e. The average molecular weight is 345 g/mol. The number of carbonyl (C=O) groups is 1. The summed E-state index contributed by atoms with van der Waals surface area (Å²) in [6.45, 7) is -0.311. The fraction of sp³-hybridized carbons (Fsp3) is 0.231. The first kappa shape index (κ1) is 17.8. The lowest BCUT2D eigenvalue weighted by Crippen LogP contribution is -2.36. The van der Waals surface area contributed by atoms with E-state index in [1.165, 1.54) is 13.2 Å². The molecular weight excluding hydrogens is 332 g/mol. The molecule has 0 radical (unpaired) electrons. The molecule has 0 aliphatic rings. The van der Waals surface area contributed by atoms with Crippen molar-refractivity contribution in [1.29, 1.82) is 5.26 Å². The molecule has 0 N–H and O–H groups in total. The normalized spacial score (nSPS) is 11.5. The number of nitriles is 1. The number of nitrogens with zero attached hydrogens (tertiary/aromatic N) is 2. The zero-order valence-electron chi connectivity index (χ0n) is 11.8. The number of sulfonamides is 1. The molecule has 0 unspecified atom stereocenters. The molecule has 0 saturated carbocycles. The molecule has 1 aromatic rings. The van der Waals surface area contributed by atoms with E-state index in [1.807, 2.05) is 0 Å². The van der Waals surface area contributed by atoms with Gasteiger partial charge >= 0.3 is 6.09 Å². The first-order chi connectivity index (χ1) is 10.4. The van der Waals surface area contributed by atoms with E-state index >= 15 is 0 Å². The summed E-state index contributed by atoms with van der Waals surface area (Å²) in [5.74, 6) is 0. The van der Waals surface area contributed by atoms with Crippen LogP contribution in [0.3, 0.4) is 0 Å². The first-order valence-electron chi connectivity index (χ1n) is 5.85. The molecule has 22 heavy (non-hydrogen) atoms. The Morgan fingerprint density at radius 2 is 1.95 bits per heavy atom. The van der Waals surface area contributed by atoms with Gasteiger partial charge in [-0.05, 0) is 17.7 Å². The van der Waals surface area contributed by atoms with Crippen LogP contribution < -0.4 is 0 Å². The average Bonchev–Trinajstić information content (AvgIpc) is 2.50. The summed E-state index contributed by atoms with van der Waals surface area (Å²) >= 11 is 5.75. The van der Waals surface area contributed by atoms with Crippen molar-refractivity contribution in [3.63, 3.8) is 0 Å². The molecule has 9 heteroatoms. The van der Waals surface area contributed by atoms with E-state index in [9.17, 15) is 13.2 Å². The fourth-order valence-corrected chi connectivity index (χ4v) is 2.76. The highest BCUT2D eigenvalue weighted by atomic mass is 35.5. The fourth-order valence-electron chi connectivity index (χ4n) is 1.48. The third-order valence-corrected chi connectivity index (χ3v) is 4.37. The van der Waals surface area contributed by atoms with Crippen molar-refractivity contribution in [2.24, 2.45) is 0 Å². The van der Waals surface area contributed by atoms with Crippen molar-refractivity contribution in [3.8, 4) is 6.07 Å². The largest absolute Gasteiger partial charge is 0.502 e. The van der Waals surface area contributed by atoms with Crippen LogP contribution in [0.15, 0.2) is 35.4 Å². The lowest BCUT2D eigenvalue weighted by atomic mass is 10.2. The maximum atomic E-state index is 12.4. The number of hydrogen-bond acceptors (Lipinski definition) is 6. The summed E-state index contributed by atoms with van der Waals surface area (Å²) in [6, 6.07) is 7.69. The van der Waals surface area contributed by atoms with Gasteiger partial charge in [-0.2, -0.15) is 18.0 Å². The first-order valence-corrected chi connectivity index (χ1v) is 7.66. The van der Waals surface area contributed by atoms with Gasteiger partial charge in [0.25, 0.3) is 10.0 Å². The molecule has 1 aromatic carbocycles. The Morgan fingerprint density at radius 3 is 2.41 bits per heavy atom. The molecule has 0 heterocycles. The highest BCUT2D eigenvalue weighted by molar-refractivity contribution is 7.93. The summed E-state index contributed by atoms with van der Waals surface area (Å²) in [6.07, 6.45) is -0.375. The van der Waals surface area contributed by atoms with Crippen LogP contribution in [-0.4, -0.2) is 33.0 Å². The van der Waals surface area contributed by atoms with Gasteiger partial charge < -0.3 is 9.47 Å². The van der Waals surface area contributed by atoms with Crippen LogP contribution >= 0.6 is 11.6 Å². The molecule has 7 nitrogen and oxygen atoms in total. The van der Waals surface area contributed by atoms with Crippen molar-refractivity contribution < 1.29 is 22.7 Å². The summed E-state index contributed by atoms with van der Waals surface area (Å²) in [4.78, 5) is 11.1. The minimum Gasteiger partial charge on any atom is -0.502 e. The Balaban J connectivity index is 3.24. The molecule has 1 rings (SSSR count). The number of hydrogen-bond donors (Lipinski definition) is 0. The van der Waals surface area contributed by atoms with Crippen molar-refractivity contribution in [3.05, 3.63) is 46.0 Å². The summed E-state index contributed by atoms with van der Waals surface area (Å²) in [5, 5.41) is 9.39. The van der Waals surface area contributed by atoms with E-state index in [-0.39, 0.29) is 6.54 Å². The van der Waals surface area contributed by atoms with Gasteiger partial charge in [-0.25, -0.2) is 4.79 Å². The third-order valence-electron chi connectivity index (χ3n) is 2.52. The van der Waals surface area contributed by atoms with Gasteiger partial charge in [0, 0.05) is 5.02 Å². The van der Waals surface area contributed by atoms with Crippen molar-refractivity contribution in [2.45, 2.75) is 6.54 Å². The van der Waals surface area contributed by atoms with E-state index in [2.05, 4.69) is 9.47 Å². The molecule has 0 aromatic heterocycles. The van der Waals surface area contributed by atoms with Crippen LogP contribution in [0.2, 0.25) is 5.02 Å². The van der Waals surface area contributed by atoms with Crippen LogP contribution in [0.1, 0.15) is 5.56 Å². The number of ether oxygens (including phenoxy) is 2. The monoisotopic (exact) mass is 344 g/mol. The Bertz CT molecular complexity index is 707. The van der Waals surface area contributed by atoms with E-state index in [0.29, 0.717) is 14.9 Å². The van der Waals surface area contributed by atoms with Gasteiger partial charge in [-0.1, -0.05) is 23.7 Å². The number of rotatable bonds is 5. The Kier molecular flexibility index (Phi) is 6.22. The molecule has 118 valence electrons. The van der Waals surface area contributed by atoms with Crippen LogP contribution in [0, 0.1) is 11.3 Å². The maximum Gasteiger partial charge on any atom is 0.423 e. The molecule has 0 spiro atoms. The van der Waals surface area contributed by atoms with E-state index < -0.39 is 21.0 Å². The molecule has 0 bridgehead atoms. The quantitative estimate of drug-likeness (QED) is 0.600. The second kappa shape index (κ2) is 7.68. The Labute approximate surface area is 133 Å². The minimum atomic E-state index is -4.39. The van der Waals surface area contributed by atoms with E-state index in [0.717, 1.165) is 13.4 Å². The zero-order valence-corrected chi connectivity index (χ0v) is 13.4. The zero-order chi connectivity index (χ0) is 16.8. The van der Waals surface area contributed by atoms with Crippen LogP contribution in [0.4, 0.5) is 4.79 Å². The Hall–Kier alpha value is -2.24. The molecule has 0 saturated heterocycles. The van der Waals surface area contributed by atoms with Crippen LogP contribution in [0.5, 0.6) is 0 Å². The molecular formula is C13H13ClN2O5S. The minimum absolute atomic E-state index is 0.311. The second-order valence-corrected chi connectivity index (χ2v) is 6.20. The lowest BCUT2D eigenvalue weighted by Gasteiger charge is -2.20. The number of allylic oxidation sites excluding steroid dienone is 1. The van der Waals surface area contributed by atoms with Crippen LogP contribution in [-0.2, 0) is 26.0 Å². The number of methoxy groups -OCH3 is 2. The van der Waals surface area contributed by atoms with Gasteiger partial charge in [-0.15, -0.1) is 0 Å². The number of halogens is 1. The van der Waals surface area contributed by atoms with Crippen molar-refractivity contribution >= 4 is 27.7 Å². The Morgan fingerprint density at radius 1 is 1.36 bits per heavy atom. The topological polar surface area (TPSA) is 96.7 Å². The standard InChI is InChI=1S/C13H13ClN2O5S/c1-20-9-12(7-15)22(18,19)16(13(17)21-2)8-10-3-5-11(14)6-4-10/h3-6,9H,8H2,1-2H3. The molecule has 0 fully saturated rings. The van der Waals surface area contributed by atoms with Gasteiger partial charge in [0.1, 0.15) is 12.3 Å². The van der Waals surface area contributed by atoms with E-state index in [1.54, 1.807) is 24.3 Å². The third kappa shape index (κ3) is 4.13. The van der Waals surface area contributed by atoms with Gasteiger partial charge in [0.15, 0.2) is 4.91 Å². The number of amides is 1. The SMILES string of the molecule is COC=C(C#N)S(=O)(=O)N(Cc1ccc(Cl)cc1)C(=O)OC. The number of carbonyl (C=O) groups excluding carboxylic acids is 1. The predicted octanol–water partition coefficient (Wildman–Crippen LogP) is 2.25. The summed E-state index contributed by atoms with van der Waals surface area (Å²) in [5.41, 5.74) is 0.494. The second-order valence-electron chi connectivity index (χ2n) is 3.94. The van der Waals surface area contributed by atoms with Crippen molar-refractivity contribution in [1.82, 2.24) is 4.31 Å². The van der Waals surface area contributed by atoms with Crippen molar-refractivity contribution in [2.75, 3.05) is 14.2 Å². The summed E-state index contributed by atoms with van der Waals surface area (Å²) < 4.78 is 34.2. The maximum absolute atomic E-state index is 12.4. The molecule has 0 aliphatic carbocycles. The van der Waals surface area contributed by atoms with Gasteiger partial charge in [0.05, 0.1) is 20.8 Å². The molecule has 0 atom stereocenters. The van der Waals surface area contributed by atoms with E-state index in [4.69, 9.17) is 16.9 Å². The highest BCUT2D eigenvalue weighted by Gasteiger charge is 2.32. The molecule has 1 amide bonds.